The summed E-state index contributed by atoms with van der Waals surface area (Å²) in [4.78, 5) is 14.9. The van der Waals surface area contributed by atoms with Gasteiger partial charge in [-0.05, 0) is 18.5 Å². The van der Waals surface area contributed by atoms with Crippen LogP contribution in [0.2, 0.25) is 5.28 Å². The van der Waals surface area contributed by atoms with Crippen molar-refractivity contribution in [2.24, 2.45) is 12.8 Å². The number of nitrogens with two attached hydrogens (primary N) is 1. The minimum Gasteiger partial charge on any atom is -0.364 e. The molecule has 0 saturated heterocycles. The minimum absolute atomic E-state index is 0.0146. The van der Waals surface area contributed by atoms with Crippen LogP contribution in [0.25, 0.3) is 0 Å². The fourth-order valence-electron chi connectivity index (χ4n) is 1.47. The first-order valence-electron chi connectivity index (χ1n) is 5.29. The Kier molecular flexibility index (Phi) is 3.44. The van der Waals surface area contributed by atoms with E-state index in [2.05, 4.69) is 19.9 Å². The topological polar surface area (TPSA) is 136 Å². The van der Waals surface area contributed by atoms with Gasteiger partial charge in [0.1, 0.15) is 5.69 Å². The highest BCUT2D eigenvalue weighted by molar-refractivity contribution is 7.92. The van der Waals surface area contributed by atoms with Crippen molar-refractivity contribution < 1.29 is 13.2 Å². The first-order chi connectivity index (χ1) is 9.22. The van der Waals surface area contributed by atoms with Crippen LogP contribution < -0.4 is 10.5 Å². The van der Waals surface area contributed by atoms with Gasteiger partial charge < -0.3 is 10.3 Å². The molecule has 0 aliphatic carbocycles. The van der Waals surface area contributed by atoms with Gasteiger partial charge in [0.2, 0.25) is 5.28 Å². The summed E-state index contributed by atoms with van der Waals surface area (Å²) in [6, 6.07) is 0. The van der Waals surface area contributed by atoms with Crippen LogP contribution in [0.4, 0.5) is 5.69 Å². The molecule has 2 heterocycles. The second-order valence-corrected chi connectivity index (χ2v) is 5.97. The van der Waals surface area contributed by atoms with Gasteiger partial charge in [-0.3, -0.25) is 14.6 Å². The predicted octanol–water partition coefficient (Wildman–Crippen LogP) is 0.00472. The first-order valence-corrected chi connectivity index (χ1v) is 7.15. The van der Waals surface area contributed by atoms with Gasteiger partial charge in [0.05, 0.1) is 5.69 Å². The summed E-state index contributed by atoms with van der Waals surface area (Å²) in [7, 11) is -2.45. The van der Waals surface area contributed by atoms with Crippen molar-refractivity contribution in [1.82, 2.24) is 19.7 Å². The van der Waals surface area contributed by atoms with E-state index in [1.54, 1.807) is 14.0 Å². The lowest BCUT2D eigenvalue weighted by Crippen LogP contribution is -2.19. The number of anilines is 1. The van der Waals surface area contributed by atoms with Gasteiger partial charge >= 0.3 is 0 Å². The van der Waals surface area contributed by atoms with E-state index < -0.39 is 15.9 Å². The van der Waals surface area contributed by atoms with Crippen molar-refractivity contribution in [2.75, 3.05) is 4.72 Å². The van der Waals surface area contributed by atoms with E-state index in [-0.39, 0.29) is 21.7 Å². The second kappa shape index (κ2) is 4.80. The number of nitrogens with one attached hydrogen (secondary N) is 2. The monoisotopic (exact) mass is 318 g/mol. The van der Waals surface area contributed by atoms with E-state index in [0.717, 1.165) is 0 Å². The molecule has 0 unspecified atom stereocenters. The molecule has 0 aliphatic rings. The number of aryl methyl sites for hydroxylation is 2. The van der Waals surface area contributed by atoms with E-state index >= 15 is 0 Å². The Morgan fingerprint density at radius 1 is 1.55 bits per heavy atom. The number of primary amides is 1. The molecule has 1 amide bonds. The molecule has 0 saturated carbocycles. The average molecular weight is 319 g/mol. The molecule has 20 heavy (non-hydrogen) atoms. The van der Waals surface area contributed by atoms with Crippen molar-refractivity contribution in [3.8, 4) is 0 Å². The maximum Gasteiger partial charge on any atom is 0.281 e. The lowest BCUT2D eigenvalue weighted by molar-refractivity contribution is 0.0996. The molecular weight excluding hydrogens is 308 g/mol. The van der Waals surface area contributed by atoms with Gasteiger partial charge in [-0.1, -0.05) is 0 Å². The van der Waals surface area contributed by atoms with E-state index in [0.29, 0.717) is 5.69 Å². The number of carbonyl (C=O) groups excluding carboxylic acids is 1. The maximum absolute atomic E-state index is 12.2. The van der Waals surface area contributed by atoms with E-state index in [9.17, 15) is 13.2 Å². The number of carbonyl (C=O) groups is 1. The van der Waals surface area contributed by atoms with E-state index in [1.165, 1.54) is 10.8 Å². The van der Waals surface area contributed by atoms with E-state index in [4.69, 9.17) is 17.3 Å². The molecule has 11 heteroatoms. The van der Waals surface area contributed by atoms with Crippen LogP contribution in [-0.4, -0.2) is 34.1 Å². The number of amides is 1. The molecule has 9 nitrogen and oxygen atoms in total. The van der Waals surface area contributed by atoms with Crippen LogP contribution in [0, 0.1) is 6.92 Å². The number of hydrogen-bond donors (Lipinski definition) is 3. The van der Waals surface area contributed by atoms with Crippen LogP contribution >= 0.6 is 11.6 Å². The fraction of sp³-hybridized carbons (Fsp3) is 0.222. The molecule has 2 aromatic heterocycles. The Hall–Kier alpha value is -2.07. The Bertz CT molecular complexity index is 758. The van der Waals surface area contributed by atoms with Gasteiger partial charge in [0, 0.05) is 13.2 Å². The van der Waals surface area contributed by atoms with Crippen molar-refractivity contribution >= 4 is 33.2 Å². The number of H-pyrrole nitrogens is 1. The molecule has 0 bridgehead atoms. The van der Waals surface area contributed by atoms with Crippen molar-refractivity contribution in [3.63, 3.8) is 0 Å². The van der Waals surface area contributed by atoms with Gasteiger partial charge in [0.15, 0.2) is 10.7 Å². The summed E-state index contributed by atoms with van der Waals surface area (Å²) < 4.78 is 27.9. The summed E-state index contributed by atoms with van der Waals surface area (Å²) in [5.74, 6) is -0.855. The summed E-state index contributed by atoms with van der Waals surface area (Å²) in [5.41, 5.74) is 5.25. The smallest absolute Gasteiger partial charge is 0.281 e. The number of rotatable bonds is 4. The molecule has 2 rings (SSSR count). The zero-order chi connectivity index (χ0) is 15.1. The summed E-state index contributed by atoms with van der Waals surface area (Å²) in [6.45, 7) is 1.54. The minimum atomic E-state index is -4.00. The van der Waals surface area contributed by atoms with Gasteiger partial charge in [-0.25, -0.2) is 4.98 Å². The molecule has 4 N–H and O–H groups in total. The van der Waals surface area contributed by atoms with Crippen LogP contribution in [0.5, 0.6) is 0 Å². The third-order valence-electron chi connectivity index (χ3n) is 2.49. The van der Waals surface area contributed by atoms with Crippen molar-refractivity contribution in [2.45, 2.75) is 11.9 Å². The van der Waals surface area contributed by atoms with Crippen LogP contribution in [0.15, 0.2) is 11.2 Å². The van der Waals surface area contributed by atoms with E-state index in [1.807, 2.05) is 0 Å². The first kappa shape index (κ1) is 14.3. The highest BCUT2D eigenvalue weighted by Gasteiger charge is 2.24. The van der Waals surface area contributed by atoms with Gasteiger partial charge in [-0.15, -0.1) is 0 Å². The molecule has 0 aromatic carbocycles. The number of imidazole rings is 1. The Labute approximate surface area is 119 Å². The summed E-state index contributed by atoms with van der Waals surface area (Å²) >= 11 is 5.70. The number of aromatic amines is 1. The van der Waals surface area contributed by atoms with Crippen molar-refractivity contribution in [3.05, 3.63) is 22.9 Å². The zero-order valence-electron chi connectivity index (χ0n) is 10.5. The molecule has 0 spiro atoms. The number of hydrogen-bond acceptors (Lipinski definition) is 5. The number of nitrogens with zero attached hydrogens (tertiary/aromatic N) is 3. The molecule has 0 radical (unpaired) electrons. The third-order valence-corrected chi connectivity index (χ3v) is 4.06. The molecule has 0 aliphatic heterocycles. The highest BCUT2D eigenvalue weighted by atomic mass is 35.5. The molecular formula is C9H11ClN6O3S. The summed E-state index contributed by atoms with van der Waals surface area (Å²) in [5, 5.41) is 5.86. The van der Waals surface area contributed by atoms with Gasteiger partial charge in [-0.2, -0.15) is 13.5 Å². The van der Waals surface area contributed by atoms with Gasteiger partial charge in [0.25, 0.3) is 15.9 Å². The quantitative estimate of drug-likeness (QED) is 0.729. The fourth-order valence-corrected chi connectivity index (χ4v) is 2.78. The predicted molar refractivity (Wildman–Crippen MR) is 70.9 cm³/mol. The summed E-state index contributed by atoms with van der Waals surface area (Å²) in [6.07, 6.45) is 1.24. The zero-order valence-corrected chi connectivity index (χ0v) is 12.1. The van der Waals surface area contributed by atoms with Crippen LogP contribution in [0.3, 0.4) is 0 Å². The molecule has 0 fully saturated rings. The SMILES string of the molecule is Cc1[nH]nc(C(N)=O)c1NS(=O)(=O)c1cn(C)c(Cl)n1. The molecule has 0 atom stereocenters. The number of halogens is 1. The molecule has 2 aromatic rings. The van der Waals surface area contributed by atoms with Crippen LogP contribution in [-0.2, 0) is 17.1 Å². The van der Waals surface area contributed by atoms with Crippen molar-refractivity contribution in [1.29, 1.82) is 0 Å². The Morgan fingerprint density at radius 2 is 2.20 bits per heavy atom. The maximum atomic E-state index is 12.2. The Morgan fingerprint density at radius 3 is 2.70 bits per heavy atom. The Balaban J connectivity index is 2.43. The second-order valence-electron chi connectivity index (χ2n) is 4.00. The third kappa shape index (κ3) is 2.47. The normalized spacial score (nSPS) is 11.6. The lowest BCUT2D eigenvalue weighted by Gasteiger charge is -2.05. The standard InChI is InChI=1S/C9H11ClN6O3S/c1-4-6(7(8(11)17)14-13-4)15-20(18,19)5-3-16(2)9(10)12-5/h3,15H,1-2H3,(H2,11,17)(H,13,14). The number of sulfonamides is 1. The number of aromatic nitrogens is 4. The molecule has 108 valence electrons. The highest BCUT2D eigenvalue weighted by Crippen LogP contribution is 2.22. The largest absolute Gasteiger partial charge is 0.364 e. The van der Waals surface area contributed by atoms with Crippen LogP contribution in [0.1, 0.15) is 16.2 Å². The average Bonchev–Trinajstić information content (AvgIpc) is 2.85. The lowest BCUT2D eigenvalue weighted by atomic mass is 10.3.